The Labute approximate surface area is 228 Å². The summed E-state index contributed by atoms with van der Waals surface area (Å²) in [6.45, 7) is 0.590. The van der Waals surface area contributed by atoms with E-state index in [2.05, 4.69) is 15.5 Å². The molecule has 0 radical (unpaired) electrons. The van der Waals surface area contributed by atoms with Crippen molar-refractivity contribution in [3.05, 3.63) is 99.5 Å². The number of carbonyl (C=O) groups is 3. The number of fused-ring (bicyclic) bond motifs is 2. The lowest BCUT2D eigenvalue weighted by Gasteiger charge is -2.17. The zero-order valence-electron chi connectivity index (χ0n) is 21.0. The van der Waals surface area contributed by atoms with E-state index >= 15 is 0 Å². The van der Waals surface area contributed by atoms with Gasteiger partial charge in [-0.3, -0.25) is 14.6 Å². The summed E-state index contributed by atoms with van der Waals surface area (Å²) in [7, 11) is 1.32. The van der Waals surface area contributed by atoms with E-state index in [0.29, 0.717) is 40.6 Å². The summed E-state index contributed by atoms with van der Waals surface area (Å²) in [6.07, 6.45) is 0.931. The maximum absolute atomic E-state index is 13.3. The maximum atomic E-state index is 13.3. The number of hydrogen-bond donors (Lipinski definition) is 1. The van der Waals surface area contributed by atoms with Crippen molar-refractivity contribution in [1.29, 1.82) is 0 Å². The van der Waals surface area contributed by atoms with Crippen molar-refractivity contribution in [2.45, 2.75) is 18.8 Å². The number of benzene rings is 3. The maximum Gasteiger partial charge on any atom is 0.337 e. The Bertz CT molecular complexity index is 1620. The van der Waals surface area contributed by atoms with Crippen LogP contribution in [-0.2, 0) is 27.2 Å². The summed E-state index contributed by atoms with van der Waals surface area (Å²) in [6, 6.07) is 20.4. The Kier molecular flexibility index (Phi) is 6.45. The molecule has 1 unspecified atom stereocenters. The molecule has 3 aromatic carbocycles. The number of anilines is 2. The Morgan fingerprint density at radius 1 is 1.10 bits per heavy atom. The fourth-order valence-electron chi connectivity index (χ4n) is 5.04. The molecule has 6 rings (SSSR count). The lowest BCUT2D eigenvalue weighted by atomic mass is 9.90. The molecule has 2 aliphatic heterocycles. The van der Waals surface area contributed by atoms with Crippen LogP contribution in [0.5, 0.6) is 0 Å². The van der Waals surface area contributed by atoms with Crippen LogP contribution >= 0.6 is 11.3 Å². The van der Waals surface area contributed by atoms with Crippen molar-refractivity contribution in [2.75, 3.05) is 23.9 Å². The van der Waals surface area contributed by atoms with E-state index in [1.807, 2.05) is 48.5 Å². The summed E-state index contributed by atoms with van der Waals surface area (Å²) >= 11 is 1.37. The first kappa shape index (κ1) is 24.6. The molecule has 194 valence electrons. The molecule has 1 aromatic heterocycles. The van der Waals surface area contributed by atoms with Crippen LogP contribution in [0.3, 0.4) is 0 Å². The molecular weight excluding hydrogens is 514 g/mol. The van der Waals surface area contributed by atoms with Crippen molar-refractivity contribution in [2.24, 2.45) is 4.99 Å². The number of methoxy groups -OCH3 is 1. The number of ether oxygens (including phenoxy) is 1. The standard InChI is InChI=1S/C29H23N5O4S/c1-38-29(37)19-7-9-21-22(14-19)32-28(36)26(21)27(17-5-3-2-4-6-17)31-20-8-10-23-18(13-20)11-12-34(23)25(35)15-24-33-30-16-39-24/h2-10,13-14,16,26H,11-12,15H2,1H3,(H,32,36). The molecule has 1 atom stereocenters. The Balaban J connectivity index is 1.35. The molecule has 0 aliphatic carbocycles. The lowest BCUT2D eigenvalue weighted by Crippen LogP contribution is -2.30. The fraction of sp³-hybridized carbons (Fsp3) is 0.172. The van der Waals surface area contributed by atoms with Gasteiger partial charge in [-0.2, -0.15) is 0 Å². The first-order chi connectivity index (χ1) is 19.0. The molecule has 39 heavy (non-hydrogen) atoms. The van der Waals surface area contributed by atoms with Gasteiger partial charge in [-0.05, 0) is 53.4 Å². The van der Waals surface area contributed by atoms with Gasteiger partial charge < -0.3 is 15.0 Å². The van der Waals surface area contributed by atoms with Gasteiger partial charge in [0.1, 0.15) is 16.4 Å². The molecule has 0 bridgehead atoms. The average Bonchev–Trinajstić information content (AvgIpc) is 3.69. The van der Waals surface area contributed by atoms with Crippen LogP contribution in [0, 0.1) is 0 Å². The van der Waals surface area contributed by atoms with E-state index in [4.69, 9.17) is 9.73 Å². The molecule has 2 amide bonds. The van der Waals surface area contributed by atoms with E-state index < -0.39 is 11.9 Å². The van der Waals surface area contributed by atoms with E-state index in [1.54, 1.807) is 28.6 Å². The van der Waals surface area contributed by atoms with Crippen LogP contribution in [0.4, 0.5) is 17.1 Å². The van der Waals surface area contributed by atoms with Crippen molar-refractivity contribution in [3.63, 3.8) is 0 Å². The third kappa shape index (κ3) is 4.70. The van der Waals surface area contributed by atoms with Gasteiger partial charge in [0.2, 0.25) is 11.8 Å². The molecular formula is C29H23N5O4S. The zero-order valence-corrected chi connectivity index (χ0v) is 21.8. The van der Waals surface area contributed by atoms with Crippen molar-refractivity contribution < 1.29 is 19.1 Å². The molecule has 0 fully saturated rings. The topological polar surface area (TPSA) is 114 Å². The summed E-state index contributed by atoms with van der Waals surface area (Å²) < 4.78 is 4.82. The smallest absolute Gasteiger partial charge is 0.337 e. The third-order valence-corrected chi connectivity index (χ3v) is 7.56. The molecule has 2 aliphatic rings. The molecule has 0 saturated carbocycles. The number of esters is 1. The highest BCUT2D eigenvalue weighted by molar-refractivity contribution is 7.09. The fourth-order valence-corrected chi connectivity index (χ4v) is 5.55. The second-order valence-corrected chi connectivity index (χ2v) is 10.1. The number of rotatable bonds is 6. The summed E-state index contributed by atoms with van der Waals surface area (Å²) in [5, 5.41) is 11.4. The predicted molar refractivity (Wildman–Crippen MR) is 148 cm³/mol. The quantitative estimate of drug-likeness (QED) is 0.290. The van der Waals surface area contributed by atoms with Gasteiger partial charge in [-0.1, -0.05) is 36.4 Å². The number of carbonyl (C=O) groups excluding carboxylic acids is 3. The highest BCUT2D eigenvalue weighted by Gasteiger charge is 2.36. The molecule has 1 N–H and O–H groups in total. The van der Waals surface area contributed by atoms with Crippen LogP contribution in [0.2, 0.25) is 0 Å². The van der Waals surface area contributed by atoms with Crippen LogP contribution in [0.25, 0.3) is 0 Å². The monoisotopic (exact) mass is 537 g/mol. The Morgan fingerprint density at radius 2 is 1.95 bits per heavy atom. The zero-order chi connectivity index (χ0) is 26.9. The van der Waals surface area contributed by atoms with Gasteiger partial charge in [0.25, 0.3) is 0 Å². The average molecular weight is 538 g/mol. The van der Waals surface area contributed by atoms with Crippen LogP contribution in [0.1, 0.15) is 38.0 Å². The molecule has 0 saturated heterocycles. The minimum atomic E-state index is -0.660. The van der Waals surface area contributed by atoms with Crippen molar-refractivity contribution in [3.8, 4) is 0 Å². The van der Waals surface area contributed by atoms with E-state index in [-0.39, 0.29) is 18.2 Å². The number of hydrogen-bond acceptors (Lipinski definition) is 8. The summed E-state index contributed by atoms with van der Waals surface area (Å²) in [5.74, 6) is -1.37. The van der Waals surface area contributed by atoms with Gasteiger partial charge in [0.15, 0.2) is 0 Å². The Morgan fingerprint density at radius 3 is 2.72 bits per heavy atom. The van der Waals surface area contributed by atoms with Gasteiger partial charge >= 0.3 is 5.97 Å². The van der Waals surface area contributed by atoms with Crippen LogP contribution in [-0.4, -0.2) is 47.3 Å². The third-order valence-electron chi connectivity index (χ3n) is 6.87. The van der Waals surface area contributed by atoms with Crippen LogP contribution < -0.4 is 10.2 Å². The second-order valence-electron chi connectivity index (χ2n) is 9.20. The molecule has 0 spiro atoms. The molecule has 10 heteroatoms. The summed E-state index contributed by atoms with van der Waals surface area (Å²) in [4.78, 5) is 44.9. The highest BCUT2D eigenvalue weighted by Crippen LogP contribution is 2.38. The number of amides is 2. The highest BCUT2D eigenvalue weighted by atomic mass is 32.1. The van der Waals surface area contributed by atoms with Gasteiger partial charge in [0, 0.05) is 17.9 Å². The number of nitrogens with one attached hydrogen (secondary N) is 1. The molecule has 4 aromatic rings. The number of nitrogens with zero attached hydrogens (tertiary/aromatic N) is 4. The van der Waals surface area contributed by atoms with E-state index in [9.17, 15) is 14.4 Å². The predicted octanol–water partition coefficient (Wildman–Crippen LogP) is 4.31. The summed E-state index contributed by atoms with van der Waals surface area (Å²) in [5.41, 5.74) is 7.28. The number of aliphatic imine (C=N–C) groups is 1. The van der Waals surface area contributed by atoms with E-state index in [1.165, 1.54) is 18.4 Å². The second kappa shape index (κ2) is 10.2. The van der Waals surface area contributed by atoms with Crippen LogP contribution in [0.15, 0.2) is 77.2 Å². The normalized spacial score (nSPS) is 16.0. The molecule has 3 heterocycles. The van der Waals surface area contributed by atoms with Gasteiger partial charge in [-0.25, -0.2) is 4.79 Å². The van der Waals surface area contributed by atoms with E-state index in [0.717, 1.165) is 22.4 Å². The lowest BCUT2D eigenvalue weighted by molar-refractivity contribution is -0.118. The minimum Gasteiger partial charge on any atom is -0.465 e. The van der Waals surface area contributed by atoms with Gasteiger partial charge in [-0.15, -0.1) is 21.5 Å². The molecule has 9 nitrogen and oxygen atoms in total. The largest absolute Gasteiger partial charge is 0.465 e. The first-order valence-electron chi connectivity index (χ1n) is 12.4. The van der Waals surface area contributed by atoms with Gasteiger partial charge in [0.05, 0.1) is 30.5 Å². The van der Waals surface area contributed by atoms with Crippen molar-refractivity contribution in [1.82, 2.24) is 10.2 Å². The number of aromatic nitrogens is 2. The first-order valence-corrected chi connectivity index (χ1v) is 13.3. The Hall–Kier alpha value is -4.70. The minimum absolute atomic E-state index is 0.0164. The van der Waals surface area contributed by atoms with Crippen molar-refractivity contribution >= 4 is 51.9 Å². The SMILES string of the molecule is COC(=O)c1ccc2c(c1)NC(=O)C2C(=Nc1ccc2c(c1)CCN2C(=O)Cc1nncs1)c1ccccc1.